The summed E-state index contributed by atoms with van der Waals surface area (Å²) in [6.45, 7) is 6.29. The Kier molecular flexibility index (Phi) is 6.16. The molecule has 1 heterocycles. The number of ether oxygens (including phenoxy) is 2. The highest BCUT2D eigenvalue weighted by atomic mass is 16.5. The van der Waals surface area contributed by atoms with Gasteiger partial charge in [0.15, 0.2) is 11.5 Å². The minimum Gasteiger partial charge on any atom is -0.493 e. The standard InChI is InChI=1S/C18H23N3O4/c1-5-7-8-17(22)21(6-2)11-16-19-13-10-15(25-4)14(24-3)9-12(13)18(23)20-16/h5,9-10H,1,6-8,11H2,2-4H3,(H,19,20,23). The largest absolute Gasteiger partial charge is 0.493 e. The van der Waals surface area contributed by atoms with E-state index in [2.05, 4.69) is 16.5 Å². The van der Waals surface area contributed by atoms with E-state index in [1.807, 2.05) is 6.92 Å². The number of rotatable bonds is 8. The van der Waals surface area contributed by atoms with E-state index in [1.54, 1.807) is 23.1 Å². The van der Waals surface area contributed by atoms with Crippen molar-refractivity contribution in [3.8, 4) is 11.5 Å². The smallest absolute Gasteiger partial charge is 0.258 e. The lowest BCUT2D eigenvalue weighted by atomic mass is 10.2. The highest BCUT2D eigenvalue weighted by Crippen LogP contribution is 2.29. The van der Waals surface area contributed by atoms with Crippen LogP contribution < -0.4 is 15.0 Å². The van der Waals surface area contributed by atoms with Gasteiger partial charge in [0.25, 0.3) is 5.56 Å². The van der Waals surface area contributed by atoms with Gasteiger partial charge in [-0.1, -0.05) is 6.08 Å². The van der Waals surface area contributed by atoms with Crippen molar-refractivity contribution in [2.24, 2.45) is 0 Å². The molecule has 0 radical (unpaired) electrons. The van der Waals surface area contributed by atoms with Gasteiger partial charge in [-0.3, -0.25) is 9.59 Å². The van der Waals surface area contributed by atoms with E-state index >= 15 is 0 Å². The monoisotopic (exact) mass is 345 g/mol. The number of methoxy groups -OCH3 is 2. The summed E-state index contributed by atoms with van der Waals surface area (Å²) in [5.41, 5.74) is 0.210. The van der Waals surface area contributed by atoms with Gasteiger partial charge in [0.2, 0.25) is 5.91 Å². The van der Waals surface area contributed by atoms with E-state index in [0.29, 0.717) is 47.6 Å². The van der Waals surface area contributed by atoms with E-state index in [-0.39, 0.29) is 18.0 Å². The van der Waals surface area contributed by atoms with E-state index in [0.717, 1.165) is 0 Å². The first-order valence-electron chi connectivity index (χ1n) is 8.07. The lowest BCUT2D eigenvalue weighted by Gasteiger charge is -2.20. The third-order valence-corrected chi connectivity index (χ3v) is 3.90. The van der Waals surface area contributed by atoms with Gasteiger partial charge >= 0.3 is 0 Å². The number of nitrogens with one attached hydrogen (secondary N) is 1. The second-order valence-electron chi connectivity index (χ2n) is 5.47. The van der Waals surface area contributed by atoms with Gasteiger partial charge in [-0.15, -0.1) is 6.58 Å². The first-order valence-corrected chi connectivity index (χ1v) is 8.07. The molecule has 0 bridgehead atoms. The Balaban J connectivity index is 2.37. The van der Waals surface area contributed by atoms with Crippen LogP contribution in [0.4, 0.5) is 0 Å². The van der Waals surface area contributed by atoms with Crippen LogP contribution in [0.2, 0.25) is 0 Å². The summed E-state index contributed by atoms with van der Waals surface area (Å²) in [6, 6.07) is 3.25. The van der Waals surface area contributed by atoms with E-state index in [9.17, 15) is 9.59 Å². The van der Waals surface area contributed by atoms with Gasteiger partial charge in [0, 0.05) is 19.0 Å². The number of H-pyrrole nitrogens is 1. The molecule has 0 aliphatic heterocycles. The zero-order chi connectivity index (χ0) is 18.4. The summed E-state index contributed by atoms with van der Waals surface area (Å²) in [4.78, 5) is 33.4. The van der Waals surface area contributed by atoms with Gasteiger partial charge in [0.1, 0.15) is 5.82 Å². The Hall–Kier alpha value is -2.83. The molecule has 0 aliphatic carbocycles. The fraction of sp³-hybridized carbons (Fsp3) is 0.389. The Morgan fingerprint density at radius 2 is 2.00 bits per heavy atom. The second-order valence-corrected chi connectivity index (χ2v) is 5.47. The molecule has 1 amide bonds. The van der Waals surface area contributed by atoms with Crippen LogP contribution in [0.15, 0.2) is 29.6 Å². The maximum atomic E-state index is 12.4. The first kappa shape index (κ1) is 18.5. The van der Waals surface area contributed by atoms with Crippen molar-refractivity contribution in [3.05, 3.63) is 41.0 Å². The van der Waals surface area contributed by atoms with Crippen LogP contribution in [0.3, 0.4) is 0 Å². The SMILES string of the molecule is C=CCCC(=O)N(CC)Cc1nc2cc(OC)c(OC)cc2c(=O)[nH]1. The van der Waals surface area contributed by atoms with Crippen molar-refractivity contribution in [3.63, 3.8) is 0 Å². The normalized spacial score (nSPS) is 10.5. The number of aromatic nitrogens is 2. The number of fused-ring (bicyclic) bond motifs is 1. The van der Waals surface area contributed by atoms with Gasteiger partial charge in [0.05, 0.1) is 31.7 Å². The summed E-state index contributed by atoms with van der Waals surface area (Å²) in [5, 5.41) is 0.405. The van der Waals surface area contributed by atoms with E-state index in [1.165, 1.54) is 14.2 Å². The maximum absolute atomic E-state index is 12.4. The third kappa shape index (κ3) is 4.17. The number of carbonyl (C=O) groups excluding carboxylic acids is 1. The summed E-state index contributed by atoms with van der Waals surface area (Å²) in [6.07, 6.45) is 2.72. The lowest BCUT2D eigenvalue weighted by molar-refractivity contribution is -0.131. The van der Waals surface area contributed by atoms with Gasteiger partial charge in [-0.25, -0.2) is 4.98 Å². The summed E-state index contributed by atoms with van der Waals surface area (Å²) < 4.78 is 10.5. The van der Waals surface area contributed by atoms with Crippen molar-refractivity contribution in [2.75, 3.05) is 20.8 Å². The van der Waals surface area contributed by atoms with Crippen LogP contribution in [-0.2, 0) is 11.3 Å². The number of carbonyl (C=O) groups is 1. The van der Waals surface area contributed by atoms with Crippen LogP contribution >= 0.6 is 0 Å². The van der Waals surface area contributed by atoms with E-state index in [4.69, 9.17) is 9.47 Å². The van der Waals surface area contributed by atoms with Gasteiger partial charge in [-0.2, -0.15) is 0 Å². The molecule has 0 unspecified atom stereocenters. The van der Waals surface area contributed by atoms with Crippen LogP contribution in [0.1, 0.15) is 25.6 Å². The molecule has 0 saturated heterocycles. The lowest BCUT2D eigenvalue weighted by Crippen LogP contribution is -2.31. The number of benzene rings is 1. The Labute approximate surface area is 146 Å². The minimum atomic E-state index is -0.282. The predicted octanol–water partition coefficient (Wildman–Crippen LogP) is 2.25. The molecule has 2 aromatic rings. The van der Waals surface area contributed by atoms with Crippen molar-refractivity contribution in [1.82, 2.24) is 14.9 Å². The zero-order valence-electron chi connectivity index (χ0n) is 14.8. The van der Waals surface area contributed by atoms with Crippen LogP contribution in [0, 0.1) is 0 Å². The van der Waals surface area contributed by atoms with Crippen molar-refractivity contribution in [1.29, 1.82) is 0 Å². The third-order valence-electron chi connectivity index (χ3n) is 3.90. The molecule has 1 aromatic carbocycles. The Morgan fingerprint density at radius 3 is 2.60 bits per heavy atom. The quantitative estimate of drug-likeness (QED) is 0.742. The van der Waals surface area contributed by atoms with Crippen LogP contribution in [-0.4, -0.2) is 41.5 Å². The summed E-state index contributed by atoms with van der Waals surface area (Å²) in [5.74, 6) is 1.38. The Bertz CT molecular complexity index is 829. The van der Waals surface area contributed by atoms with E-state index < -0.39 is 0 Å². The van der Waals surface area contributed by atoms with Gasteiger partial charge < -0.3 is 19.4 Å². The molecular formula is C18H23N3O4. The van der Waals surface area contributed by atoms with Crippen molar-refractivity contribution in [2.45, 2.75) is 26.3 Å². The molecule has 134 valence electrons. The average Bonchev–Trinajstić information content (AvgIpc) is 2.63. The first-order chi connectivity index (χ1) is 12.0. The maximum Gasteiger partial charge on any atom is 0.258 e. The number of hydrogen-bond acceptors (Lipinski definition) is 5. The van der Waals surface area contributed by atoms with Crippen molar-refractivity contribution >= 4 is 16.8 Å². The summed E-state index contributed by atoms with van der Waals surface area (Å²) in [7, 11) is 3.03. The number of amides is 1. The number of nitrogens with zero attached hydrogens (tertiary/aromatic N) is 2. The highest BCUT2D eigenvalue weighted by Gasteiger charge is 2.15. The molecule has 0 saturated carbocycles. The molecule has 1 N–H and O–H groups in total. The fourth-order valence-corrected chi connectivity index (χ4v) is 2.53. The molecule has 0 atom stereocenters. The molecule has 0 spiro atoms. The second kappa shape index (κ2) is 8.32. The molecule has 0 aliphatic rings. The fourth-order valence-electron chi connectivity index (χ4n) is 2.53. The molecule has 25 heavy (non-hydrogen) atoms. The minimum absolute atomic E-state index is 0.00235. The number of hydrogen-bond donors (Lipinski definition) is 1. The van der Waals surface area contributed by atoms with Crippen molar-refractivity contribution < 1.29 is 14.3 Å². The van der Waals surface area contributed by atoms with Crippen LogP contribution in [0.25, 0.3) is 10.9 Å². The molecular weight excluding hydrogens is 322 g/mol. The average molecular weight is 345 g/mol. The summed E-state index contributed by atoms with van der Waals surface area (Å²) >= 11 is 0. The molecule has 1 aromatic heterocycles. The predicted molar refractivity (Wildman–Crippen MR) is 96.0 cm³/mol. The van der Waals surface area contributed by atoms with Crippen LogP contribution in [0.5, 0.6) is 11.5 Å². The molecule has 7 heteroatoms. The molecule has 7 nitrogen and oxygen atoms in total. The molecule has 0 fully saturated rings. The topological polar surface area (TPSA) is 84.5 Å². The zero-order valence-corrected chi connectivity index (χ0v) is 14.8. The highest BCUT2D eigenvalue weighted by molar-refractivity contribution is 5.82. The van der Waals surface area contributed by atoms with Gasteiger partial charge in [-0.05, 0) is 19.4 Å². The number of allylic oxidation sites excluding steroid dienone is 1. The molecule has 2 rings (SSSR count). The number of aromatic amines is 1. The Morgan fingerprint density at radius 1 is 1.32 bits per heavy atom.